The van der Waals surface area contributed by atoms with Crippen LogP contribution in [0.5, 0.6) is 0 Å². The molecule has 0 saturated carbocycles. The van der Waals surface area contributed by atoms with Gasteiger partial charge in [0.15, 0.2) is 0 Å². The molecule has 2 aromatic carbocycles. The molecule has 0 saturated heterocycles. The van der Waals surface area contributed by atoms with Crippen LogP contribution >= 0.6 is 0 Å². The summed E-state index contributed by atoms with van der Waals surface area (Å²) in [4.78, 5) is 24.7. The first kappa shape index (κ1) is 21.1. The van der Waals surface area contributed by atoms with Gasteiger partial charge in [0, 0.05) is 22.6 Å². The summed E-state index contributed by atoms with van der Waals surface area (Å²) >= 11 is 0. The summed E-state index contributed by atoms with van der Waals surface area (Å²) in [6.07, 6.45) is 2.43. The number of ether oxygens (including phenoxy) is 1. The molecule has 1 aromatic heterocycles. The van der Waals surface area contributed by atoms with E-state index in [0.29, 0.717) is 25.9 Å². The number of carbonyl (C=O) groups is 2. The maximum atomic E-state index is 14.0. The Morgan fingerprint density at radius 3 is 2.71 bits per heavy atom. The summed E-state index contributed by atoms with van der Waals surface area (Å²) in [6.45, 7) is 4.23. The van der Waals surface area contributed by atoms with Gasteiger partial charge in [-0.25, -0.2) is 4.39 Å². The van der Waals surface area contributed by atoms with Crippen molar-refractivity contribution in [2.45, 2.75) is 52.1 Å². The maximum Gasteiger partial charge on any atom is 0.325 e. The molecule has 1 aliphatic rings. The Kier molecular flexibility index (Phi) is 6.07. The fraction of sp³-hybridized carbons (Fsp3) is 0.360. The molecule has 1 N–H and O–H groups in total. The summed E-state index contributed by atoms with van der Waals surface area (Å²) in [5.41, 5.74) is 5.00. The van der Waals surface area contributed by atoms with E-state index in [1.54, 1.807) is 13.0 Å². The third kappa shape index (κ3) is 4.63. The highest BCUT2D eigenvalue weighted by Gasteiger charge is 2.27. The second kappa shape index (κ2) is 8.92. The standard InChI is InChI=1S/C25H27FN2O3/c1-3-31-25(30)15-28-22-10-8-18(26)13-20(22)21-14-19(9-11-23(21)28)27-24(29)12-17-6-4-16(2)5-7-17/h4-8,10,13,19H,3,9,11-12,14-15H2,1-2H3,(H,27,29)/t19-/m1/s1. The minimum absolute atomic E-state index is 0.0151. The highest BCUT2D eigenvalue weighted by atomic mass is 19.1. The number of fused-ring (bicyclic) bond motifs is 3. The van der Waals surface area contributed by atoms with Crippen LogP contribution in [0.1, 0.15) is 35.7 Å². The molecule has 1 amide bonds. The number of aryl methyl sites for hydroxylation is 1. The van der Waals surface area contributed by atoms with Crippen molar-refractivity contribution in [3.63, 3.8) is 0 Å². The Balaban J connectivity index is 1.54. The number of hydrogen-bond donors (Lipinski definition) is 1. The van der Waals surface area contributed by atoms with Crippen molar-refractivity contribution >= 4 is 22.8 Å². The van der Waals surface area contributed by atoms with E-state index in [0.717, 1.165) is 39.7 Å². The van der Waals surface area contributed by atoms with Crippen LogP contribution in [0.15, 0.2) is 42.5 Å². The van der Waals surface area contributed by atoms with E-state index in [2.05, 4.69) is 5.32 Å². The van der Waals surface area contributed by atoms with Gasteiger partial charge in [-0.15, -0.1) is 0 Å². The van der Waals surface area contributed by atoms with Crippen LogP contribution in [-0.4, -0.2) is 29.1 Å². The zero-order chi connectivity index (χ0) is 22.0. The van der Waals surface area contributed by atoms with Gasteiger partial charge in [0.05, 0.1) is 13.0 Å². The number of carbonyl (C=O) groups excluding carboxylic acids is 2. The lowest BCUT2D eigenvalue weighted by Crippen LogP contribution is -2.39. The van der Waals surface area contributed by atoms with Crippen LogP contribution in [0.2, 0.25) is 0 Å². The molecule has 5 nitrogen and oxygen atoms in total. The SMILES string of the molecule is CCOC(=O)Cn1c2c(c3cc(F)ccc31)C[C@H](NC(=O)Cc1ccc(C)cc1)CC2. The third-order valence-corrected chi connectivity index (χ3v) is 5.87. The van der Waals surface area contributed by atoms with Crippen molar-refractivity contribution in [2.75, 3.05) is 6.61 Å². The Bertz CT molecular complexity index is 1120. The van der Waals surface area contributed by atoms with Gasteiger partial charge in [-0.1, -0.05) is 29.8 Å². The van der Waals surface area contributed by atoms with E-state index in [4.69, 9.17) is 4.74 Å². The molecular formula is C25H27FN2O3. The van der Waals surface area contributed by atoms with Crippen molar-refractivity contribution < 1.29 is 18.7 Å². The Hall–Kier alpha value is -3.15. The predicted octanol–water partition coefficient (Wildman–Crippen LogP) is 3.87. The molecule has 1 aliphatic carbocycles. The predicted molar refractivity (Wildman–Crippen MR) is 117 cm³/mol. The molecule has 31 heavy (non-hydrogen) atoms. The summed E-state index contributed by atoms with van der Waals surface area (Å²) in [5, 5.41) is 3.94. The molecule has 4 rings (SSSR count). The number of rotatable bonds is 6. The molecule has 6 heteroatoms. The maximum absolute atomic E-state index is 14.0. The largest absolute Gasteiger partial charge is 0.465 e. The highest BCUT2D eigenvalue weighted by Crippen LogP contribution is 2.33. The molecule has 0 radical (unpaired) electrons. The van der Waals surface area contributed by atoms with E-state index < -0.39 is 0 Å². The number of esters is 1. The molecule has 0 fully saturated rings. The van der Waals surface area contributed by atoms with Crippen LogP contribution in [0.3, 0.4) is 0 Å². The lowest BCUT2D eigenvalue weighted by Gasteiger charge is -2.25. The monoisotopic (exact) mass is 422 g/mol. The normalized spacial score (nSPS) is 15.5. The zero-order valence-electron chi connectivity index (χ0n) is 17.9. The van der Waals surface area contributed by atoms with E-state index >= 15 is 0 Å². The molecule has 3 aromatic rings. The van der Waals surface area contributed by atoms with Crippen LogP contribution in [0, 0.1) is 12.7 Å². The number of nitrogens with one attached hydrogen (secondary N) is 1. The number of aromatic nitrogens is 1. The van der Waals surface area contributed by atoms with Crippen LogP contribution in [0.4, 0.5) is 4.39 Å². The lowest BCUT2D eigenvalue weighted by atomic mass is 9.91. The van der Waals surface area contributed by atoms with E-state index in [1.165, 1.54) is 12.1 Å². The van der Waals surface area contributed by atoms with Gasteiger partial charge >= 0.3 is 5.97 Å². The van der Waals surface area contributed by atoms with Gasteiger partial charge in [-0.2, -0.15) is 0 Å². The molecule has 0 bridgehead atoms. The molecule has 0 spiro atoms. The first-order valence-electron chi connectivity index (χ1n) is 10.7. The fourth-order valence-electron chi connectivity index (χ4n) is 4.43. The number of amides is 1. The second-order valence-corrected chi connectivity index (χ2v) is 8.15. The van der Waals surface area contributed by atoms with Crippen molar-refractivity contribution in [3.8, 4) is 0 Å². The second-order valence-electron chi connectivity index (χ2n) is 8.15. The van der Waals surface area contributed by atoms with Crippen molar-refractivity contribution in [1.82, 2.24) is 9.88 Å². The quantitative estimate of drug-likeness (QED) is 0.614. The first-order chi connectivity index (χ1) is 14.9. The summed E-state index contributed by atoms with van der Waals surface area (Å²) in [5.74, 6) is -0.632. The van der Waals surface area contributed by atoms with Gasteiger partial charge in [0.1, 0.15) is 12.4 Å². The van der Waals surface area contributed by atoms with E-state index in [9.17, 15) is 14.0 Å². The molecule has 1 atom stereocenters. The minimum Gasteiger partial charge on any atom is -0.465 e. The number of nitrogens with zero attached hydrogens (tertiary/aromatic N) is 1. The third-order valence-electron chi connectivity index (χ3n) is 5.87. The molecular weight excluding hydrogens is 395 g/mol. The molecule has 162 valence electrons. The summed E-state index contributed by atoms with van der Waals surface area (Å²) in [7, 11) is 0. The van der Waals surface area contributed by atoms with Gasteiger partial charge in [-0.3, -0.25) is 9.59 Å². The number of benzene rings is 2. The average Bonchev–Trinajstić information content (AvgIpc) is 3.02. The van der Waals surface area contributed by atoms with Crippen molar-refractivity contribution in [3.05, 3.63) is 70.7 Å². The number of halogens is 1. The van der Waals surface area contributed by atoms with E-state index in [1.807, 2.05) is 35.8 Å². The summed E-state index contributed by atoms with van der Waals surface area (Å²) in [6, 6.07) is 12.6. The van der Waals surface area contributed by atoms with E-state index in [-0.39, 0.29) is 30.3 Å². The topological polar surface area (TPSA) is 60.3 Å². The first-order valence-corrected chi connectivity index (χ1v) is 10.7. The van der Waals surface area contributed by atoms with Gasteiger partial charge < -0.3 is 14.6 Å². The average molecular weight is 423 g/mol. The fourth-order valence-corrected chi connectivity index (χ4v) is 4.43. The van der Waals surface area contributed by atoms with Crippen molar-refractivity contribution in [2.24, 2.45) is 0 Å². The minimum atomic E-state index is -0.311. The highest BCUT2D eigenvalue weighted by molar-refractivity contribution is 5.88. The lowest BCUT2D eigenvalue weighted by molar-refractivity contribution is -0.143. The van der Waals surface area contributed by atoms with Crippen LogP contribution in [0.25, 0.3) is 10.9 Å². The Morgan fingerprint density at radius 1 is 1.19 bits per heavy atom. The van der Waals surface area contributed by atoms with Gasteiger partial charge in [0.2, 0.25) is 5.91 Å². The van der Waals surface area contributed by atoms with Crippen LogP contribution in [-0.2, 0) is 40.1 Å². The van der Waals surface area contributed by atoms with Crippen molar-refractivity contribution in [1.29, 1.82) is 0 Å². The molecule has 0 unspecified atom stereocenters. The summed E-state index contributed by atoms with van der Waals surface area (Å²) < 4.78 is 21.1. The van der Waals surface area contributed by atoms with Gasteiger partial charge in [-0.05, 0) is 62.4 Å². The Labute approximate surface area is 181 Å². The van der Waals surface area contributed by atoms with Crippen LogP contribution < -0.4 is 5.32 Å². The zero-order valence-corrected chi connectivity index (χ0v) is 17.9. The number of hydrogen-bond acceptors (Lipinski definition) is 3. The Morgan fingerprint density at radius 2 is 1.97 bits per heavy atom. The molecule has 1 heterocycles. The van der Waals surface area contributed by atoms with Gasteiger partial charge in [0.25, 0.3) is 0 Å². The molecule has 0 aliphatic heterocycles. The smallest absolute Gasteiger partial charge is 0.325 e.